The molecule has 0 bridgehead atoms. The van der Waals surface area contributed by atoms with Crippen molar-refractivity contribution in [1.29, 1.82) is 0 Å². The van der Waals surface area contributed by atoms with E-state index in [0.29, 0.717) is 18.1 Å². The Labute approximate surface area is 168 Å². The van der Waals surface area contributed by atoms with Crippen molar-refractivity contribution >= 4 is 11.7 Å². The zero-order chi connectivity index (χ0) is 20.4. The number of morpholine rings is 1. The molecule has 8 nitrogen and oxygen atoms in total. The topological polar surface area (TPSA) is 97.6 Å². The second-order valence-electron chi connectivity index (χ2n) is 7.38. The van der Waals surface area contributed by atoms with E-state index in [2.05, 4.69) is 0 Å². The number of aliphatic hydroxyl groups is 1. The highest BCUT2D eigenvalue weighted by Crippen LogP contribution is 2.39. The van der Waals surface area contributed by atoms with Crippen molar-refractivity contribution in [2.75, 3.05) is 39.4 Å². The number of ketones is 1. The fourth-order valence-corrected chi connectivity index (χ4v) is 3.96. The maximum absolute atomic E-state index is 13.0. The molecule has 0 aliphatic carbocycles. The smallest absolute Gasteiger partial charge is 0.290 e. The molecule has 154 valence electrons. The Hall–Kier alpha value is -2.84. The first-order valence-electron chi connectivity index (χ1n) is 9.86. The molecule has 4 rings (SSSR count). The third-order valence-electron chi connectivity index (χ3n) is 5.45. The first-order chi connectivity index (χ1) is 14.1. The monoisotopic (exact) mass is 401 g/mol. The number of aryl methyl sites for hydroxylation is 1. The molecule has 2 aliphatic rings. The van der Waals surface area contributed by atoms with Crippen LogP contribution in [0.15, 0.2) is 50.7 Å². The molecule has 1 fully saturated rings. The third-order valence-corrected chi connectivity index (χ3v) is 5.45. The van der Waals surface area contributed by atoms with Crippen LogP contribution in [0.4, 0.5) is 0 Å². The van der Waals surface area contributed by atoms with Crippen LogP contribution in [0.3, 0.4) is 0 Å². The number of ether oxygens (including phenoxy) is 1. The Morgan fingerprint density at radius 3 is 2.72 bits per heavy atom. The molecule has 1 amide bonds. The van der Waals surface area contributed by atoms with Gasteiger partial charge in [-0.15, -0.1) is 0 Å². The highest BCUT2D eigenvalue weighted by molar-refractivity contribution is 6.14. The van der Waals surface area contributed by atoms with Crippen LogP contribution in [-0.4, -0.2) is 61.1 Å². The molecule has 2 aliphatic heterocycles. The highest BCUT2D eigenvalue weighted by atomic mass is 16.5. The van der Waals surface area contributed by atoms with Crippen LogP contribution in [-0.2, 0) is 9.53 Å². The summed E-state index contributed by atoms with van der Waals surface area (Å²) in [6.45, 7) is 6.48. The van der Waals surface area contributed by atoms with Gasteiger partial charge in [-0.3, -0.25) is 9.59 Å². The average Bonchev–Trinajstić information content (AvgIpc) is 3.45. The lowest BCUT2D eigenvalue weighted by Gasteiger charge is -2.27. The largest absolute Gasteiger partial charge is 0.503 e. The minimum absolute atomic E-state index is 0.00183. The van der Waals surface area contributed by atoms with Crippen molar-refractivity contribution in [3.8, 4) is 0 Å². The fourth-order valence-electron chi connectivity index (χ4n) is 3.96. The lowest BCUT2D eigenvalue weighted by atomic mass is 9.99. The lowest BCUT2D eigenvalue weighted by Crippen LogP contribution is -3.14. The average molecular weight is 401 g/mol. The van der Waals surface area contributed by atoms with Crippen LogP contribution in [0.5, 0.6) is 0 Å². The van der Waals surface area contributed by atoms with Crippen molar-refractivity contribution < 1.29 is 33.2 Å². The SMILES string of the molecule is Cc1ccc([C@@H]2C(C(=O)c3ccco3)=C(O)C(=O)N2CCC[NH+]2CCOCC2)o1. The minimum Gasteiger partial charge on any atom is -0.503 e. The highest BCUT2D eigenvalue weighted by Gasteiger charge is 2.45. The Bertz CT molecular complexity index is 908. The van der Waals surface area contributed by atoms with Crippen LogP contribution in [0.25, 0.3) is 0 Å². The second kappa shape index (κ2) is 8.26. The number of Topliss-reactive ketones (excluding diaryl/α,β-unsaturated/α-hetero) is 1. The van der Waals surface area contributed by atoms with Gasteiger partial charge in [0.25, 0.3) is 5.91 Å². The van der Waals surface area contributed by atoms with Gasteiger partial charge >= 0.3 is 0 Å². The molecule has 0 spiro atoms. The van der Waals surface area contributed by atoms with Crippen LogP contribution >= 0.6 is 0 Å². The molecular formula is C21H25N2O6+. The van der Waals surface area contributed by atoms with E-state index in [1.165, 1.54) is 22.1 Å². The number of quaternary nitrogens is 1. The number of amides is 1. The number of carbonyl (C=O) groups is 2. The molecule has 0 unspecified atom stereocenters. The zero-order valence-corrected chi connectivity index (χ0v) is 16.3. The van der Waals surface area contributed by atoms with E-state index in [4.69, 9.17) is 13.6 Å². The Morgan fingerprint density at radius 2 is 2.07 bits per heavy atom. The number of hydrogen-bond donors (Lipinski definition) is 2. The van der Waals surface area contributed by atoms with E-state index >= 15 is 0 Å². The Balaban J connectivity index is 1.57. The summed E-state index contributed by atoms with van der Waals surface area (Å²) in [5, 5.41) is 10.5. The molecule has 2 aromatic rings. The van der Waals surface area contributed by atoms with E-state index in [1.807, 2.05) is 0 Å². The second-order valence-corrected chi connectivity index (χ2v) is 7.38. The van der Waals surface area contributed by atoms with Crippen molar-refractivity contribution in [2.45, 2.75) is 19.4 Å². The van der Waals surface area contributed by atoms with E-state index in [1.54, 1.807) is 25.1 Å². The van der Waals surface area contributed by atoms with Crippen LogP contribution in [0.1, 0.15) is 34.5 Å². The molecule has 0 saturated carbocycles. The maximum Gasteiger partial charge on any atom is 0.290 e. The summed E-state index contributed by atoms with van der Waals surface area (Å²) in [7, 11) is 0. The van der Waals surface area contributed by atoms with Gasteiger partial charge in [-0.1, -0.05) is 0 Å². The van der Waals surface area contributed by atoms with Gasteiger partial charge in [0.1, 0.15) is 30.7 Å². The molecule has 0 aromatic carbocycles. The molecule has 8 heteroatoms. The maximum atomic E-state index is 13.0. The summed E-state index contributed by atoms with van der Waals surface area (Å²) < 4.78 is 16.3. The number of rotatable bonds is 7. The summed E-state index contributed by atoms with van der Waals surface area (Å²) in [6, 6.07) is 5.86. The molecule has 2 aromatic heterocycles. The van der Waals surface area contributed by atoms with Gasteiger partial charge in [0.2, 0.25) is 5.78 Å². The van der Waals surface area contributed by atoms with Crippen LogP contribution in [0.2, 0.25) is 0 Å². The molecule has 4 heterocycles. The summed E-state index contributed by atoms with van der Waals surface area (Å²) >= 11 is 0. The number of nitrogens with zero attached hydrogens (tertiary/aromatic N) is 1. The van der Waals surface area contributed by atoms with E-state index in [0.717, 1.165) is 39.3 Å². The summed E-state index contributed by atoms with van der Waals surface area (Å²) in [4.78, 5) is 28.7. The quantitative estimate of drug-likeness (QED) is 0.674. The molecule has 1 saturated heterocycles. The summed E-state index contributed by atoms with van der Waals surface area (Å²) in [5.41, 5.74) is -0.00183. The van der Waals surface area contributed by atoms with Gasteiger partial charge in [-0.05, 0) is 31.2 Å². The number of furan rings is 2. The fraction of sp³-hybridized carbons (Fsp3) is 0.429. The predicted octanol–water partition coefficient (Wildman–Crippen LogP) is 1.06. The van der Waals surface area contributed by atoms with Gasteiger partial charge in [0.05, 0.1) is 31.6 Å². The Kier molecular flexibility index (Phi) is 5.55. The molecule has 2 N–H and O–H groups in total. The molecule has 1 atom stereocenters. The van der Waals surface area contributed by atoms with Crippen molar-refractivity contribution in [2.24, 2.45) is 0 Å². The standard InChI is InChI=1S/C21H24N2O6/c1-14-5-6-15(29-14)18-17(19(24)16-4-2-11-28-16)20(25)21(26)23(18)8-3-7-22-9-12-27-13-10-22/h2,4-6,11,18,25H,3,7-10,12-13H2,1H3/p+1/t18-/m1/s1. The van der Waals surface area contributed by atoms with Gasteiger partial charge in [0.15, 0.2) is 11.5 Å². The van der Waals surface area contributed by atoms with E-state index < -0.39 is 23.5 Å². The first-order valence-corrected chi connectivity index (χ1v) is 9.86. The Morgan fingerprint density at radius 1 is 1.28 bits per heavy atom. The summed E-state index contributed by atoms with van der Waals surface area (Å²) in [5.74, 6) is -0.413. The van der Waals surface area contributed by atoms with E-state index in [9.17, 15) is 14.7 Å². The number of hydrogen-bond acceptors (Lipinski definition) is 6. The molecule has 0 radical (unpaired) electrons. The molecule has 29 heavy (non-hydrogen) atoms. The van der Waals surface area contributed by atoms with Gasteiger partial charge in [-0.25, -0.2) is 0 Å². The zero-order valence-electron chi connectivity index (χ0n) is 16.3. The first kappa shape index (κ1) is 19.5. The minimum atomic E-state index is -0.770. The van der Waals surface area contributed by atoms with Crippen molar-refractivity contribution in [3.63, 3.8) is 0 Å². The van der Waals surface area contributed by atoms with Crippen LogP contribution in [0, 0.1) is 6.92 Å². The normalized spacial score (nSPS) is 20.7. The number of aliphatic hydroxyl groups excluding tert-OH is 1. The lowest BCUT2D eigenvalue weighted by molar-refractivity contribution is -0.908. The van der Waals surface area contributed by atoms with Crippen molar-refractivity contribution in [1.82, 2.24) is 4.90 Å². The van der Waals surface area contributed by atoms with Crippen molar-refractivity contribution in [3.05, 3.63) is 59.1 Å². The van der Waals surface area contributed by atoms with E-state index in [-0.39, 0.29) is 11.3 Å². The predicted molar refractivity (Wildman–Crippen MR) is 102 cm³/mol. The third kappa shape index (κ3) is 3.86. The van der Waals surface area contributed by atoms with Gasteiger partial charge < -0.3 is 28.5 Å². The summed E-state index contributed by atoms with van der Waals surface area (Å²) in [6.07, 6.45) is 2.13. The van der Waals surface area contributed by atoms with Crippen LogP contribution < -0.4 is 4.90 Å². The van der Waals surface area contributed by atoms with Gasteiger partial charge in [0, 0.05) is 13.0 Å². The van der Waals surface area contributed by atoms with Gasteiger partial charge in [-0.2, -0.15) is 0 Å². The number of carbonyl (C=O) groups excluding carboxylic acids is 2. The number of nitrogens with one attached hydrogen (secondary N) is 1. The molecular weight excluding hydrogens is 376 g/mol.